The fourth-order valence-corrected chi connectivity index (χ4v) is 1.78. The van der Waals surface area contributed by atoms with Crippen molar-refractivity contribution in [2.75, 3.05) is 0 Å². The molecule has 0 unspecified atom stereocenters. The van der Waals surface area contributed by atoms with E-state index in [1.54, 1.807) is 0 Å². The lowest BCUT2D eigenvalue weighted by Crippen LogP contribution is -2.25. The fraction of sp³-hybridized carbons (Fsp3) is 0.909. The molecular formula is C11H20O3. The lowest BCUT2D eigenvalue weighted by molar-refractivity contribution is -0.145. The average Bonchev–Trinajstić information content (AvgIpc) is 2.59. The van der Waals surface area contributed by atoms with Gasteiger partial charge in [-0.15, -0.1) is 0 Å². The van der Waals surface area contributed by atoms with Crippen molar-refractivity contribution >= 4 is 5.97 Å². The predicted molar refractivity (Wildman–Crippen MR) is 53.9 cm³/mol. The Hall–Kier alpha value is -0.570. The Balaban J connectivity index is 2.09. The number of carbonyl (C=O) groups is 1. The largest absolute Gasteiger partial charge is 0.460 e. The number of hydrogen-bond donors (Lipinski definition) is 1. The van der Waals surface area contributed by atoms with Gasteiger partial charge in [0.15, 0.2) is 0 Å². The van der Waals surface area contributed by atoms with Crippen LogP contribution in [0.2, 0.25) is 0 Å². The second-order valence-electron chi connectivity index (χ2n) is 3.98. The van der Waals surface area contributed by atoms with Gasteiger partial charge in [-0.05, 0) is 12.8 Å². The molecule has 0 bridgehead atoms. The molecule has 3 heteroatoms. The molecule has 82 valence electrons. The summed E-state index contributed by atoms with van der Waals surface area (Å²) in [7, 11) is 0. The van der Waals surface area contributed by atoms with E-state index in [-0.39, 0.29) is 12.1 Å². The molecule has 1 N–H and O–H groups in total. The second kappa shape index (κ2) is 6.02. The summed E-state index contributed by atoms with van der Waals surface area (Å²) in [4.78, 5) is 10.8. The normalized spacial score (nSPS) is 23.6. The minimum atomic E-state index is -0.446. The zero-order chi connectivity index (χ0) is 10.4. The van der Waals surface area contributed by atoms with Crippen molar-refractivity contribution in [3.8, 4) is 0 Å². The van der Waals surface area contributed by atoms with E-state index >= 15 is 0 Å². The van der Waals surface area contributed by atoms with Crippen LogP contribution in [-0.4, -0.2) is 23.3 Å². The molecule has 1 rings (SSSR count). The van der Waals surface area contributed by atoms with E-state index < -0.39 is 6.10 Å². The maximum absolute atomic E-state index is 10.8. The minimum Gasteiger partial charge on any atom is -0.460 e. The molecule has 0 spiro atoms. The summed E-state index contributed by atoms with van der Waals surface area (Å²) in [5.74, 6) is -0.164. The van der Waals surface area contributed by atoms with Gasteiger partial charge < -0.3 is 9.84 Å². The Kier molecular flexibility index (Phi) is 4.94. The summed E-state index contributed by atoms with van der Waals surface area (Å²) < 4.78 is 4.99. The van der Waals surface area contributed by atoms with Crippen LogP contribution in [0.15, 0.2) is 0 Å². The molecule has 0 amide bonds. The molecule has 1 aliphatic rings. The molecule has 1 fully saturated rings. The van der Waals surface area contributed by atoms with Gasteiger partial charge in [0.25, 0.3) is 0 Å². The van der Waals surface area contributed by atoms with Crippen LogP contribution in [0.1, 0.15) is 51.9 Å². The van der Waals surface area contributed by atoms with Gasteiger partial charge in [-0.1, -0.05) is 32.6 Å². The number of unbranched alkanes of at least 4 members (excludes halogenated alkanes) is 3. The van der Waals surface area contributed by atoms with Crippen molar-refractivity contribution in [3.63, 3.8) is 0 Å². The van der Waals surface area contributed by atoms with E-state index in [0.29, 0.717) is 12.8 Å². The Morgan fingerprint density at radius 2 is 2.29 bits per heavy atom. The van der Waals surface area contributed by atoms with Crippen molar-refractivity contribution in [2.45, 2.75) is 64.1 Å². The van der Waals surface area contributed by atoms with E-state index in [1.807, 2.05) is 0 Å². The standard InChI is InChI=1S/C11H20O3/c1-2-3-4-5-6-9(12)10-7-8-11(13)14-10/h9-10,12H,2-8H2,1H3/t9-,10+/m0/s1. The van der Waals surface area contributed by atoms with Crippen LogP contribution >= 0.6 is 0 Å². The maximum Gasteiger partial charge on any atom is 0.306 e. The highest BCUT2D eigenvalue weighted by atomic mass is 16.6. The zero-order valence-corrected chi connectivity index (χ0v) is 8.87. The molecular weight excluding hydrogens is 180 g/mol. The van der Waals surface area contributed by atoms with E-state index in [1.165, 1.54) is 12.8 Å². The predicted octanol–water partition coefficient (Wildman–Crippen LogP) is 2.02. The summed E-state index contributed by atoms with van der Waals surface area (Å²) in [6.45, 7) is 2.16. The van der Waals surface area contributed by atoms with Gasteiger partial charge in [0, 0.05) is 6.42 Å². The lowest BCUT2D eigenvalue weighted by Gasteiger charge is -2.16. The van der Waals surface area contributed by atoms with Gasteiger partial charge >= 0.3 is 5.97 Å². The lowest BCUT2D eigenvalue weighted by atomic mass is 10.0. The second-order valence-corrected chi connectivity index (χ2v) is 3.98. The van der Waals surface area contributed by atoms with Gasteiger partial charge in [0.05, 0.1) is 6.10 Å². The molecule has 0 aromatic rings. The average molecular weight is 200 g/mol. The van der Waals surface area contributed by atoms with Crippen molar-refractivity contribution < 1.29 is 14.6 Å². The molecule has 2 atom stereocenters. The van der Waals surface area contributed by atoms with Crippen LogP contribution in [-0.2, 0) is 9.53 Å². The van der Waals surface area contributed by atoms with E-state index in [9.17, 15) is 9.90 Å². The monoisotopic (exact) mass is 200 g/mol. The van der Waals surface area contributed by atoms with Gasteiger partial charge in [-0.25, -0.2) is 0 Å². The van der Waals surface area contributed by atoms with Gasteiger partial charge in [0.2, 0.25) is 0 Å². The minimum absolute atomic E-state index is 0.164. The van der Waals surface area contributed by atoms with Crippen LogP contribution in [0.4, 0.5) is 0 Å². The van der Waals surface area contributed by atoms with Crippen molar-refractivity contribution in [1.82, 2.24) is 0 Å². The highest BCUT2D eigenvalue weighted by Crippen LogP contribution is 2.20. The van der Waals surface area contributed by atoms with Crippen LogP contribution in [0.3, 0.4) is 0 Å². The topological polar surface area (TPSA) is 46.5 Å². The third-order valence-electron chi connectivity index (χ3n) is 2.70. The van der Waals surface area contributed by atoms with Gasteiger partial charge in [-0.2, -0.15) is 0 Å². The molecule has 0 saturated carbocycles. The Bertz CT molecular complexity index is 179. The van der Waals surface area contributed by atoms with Crippen molar-refractivity contribution in [2.24, 2.45) is 0 Å². The fourth-order valence-electron chi connectivity index (χ4n) is 1.78. The molecule has 1 saturated heterocycles. The SMILES string of the molecule is CCCCCC[C@H](O)[C@H]1CCC(=O)O1. The maximum atomic E-state index is 10.8. The third kappa shape index (κ3) is 3.66. The Morgan fingerprint density at radius 1 is 1.50 bits per heavy atom. The highest BCUT2D eigenvalue weighted by molar-refractivity contribution is 5.71. The molecule has 0 aliphatic carbocycles. The number of rotatable bonds is 6. The number of carbonyl (C=O) groups excluding carboxylic acids is 1. The summed E-state index contributed by atoms with van der Waals surface area (Å²) in [6, 6.07) is 0. The number of aliphatic hydroxyl groups excluding tert-OH is 1. The molecule has 0 aromatic heterocycles. The first-order valence-corrected chi connectivity index (χ1v) is 5.61. The summed E-state index contributed by atoms with van der Waals surface area (Å²) in [5, 5.41) is 9.69. The molecule has 14 heavy (non-hydrogen) atoms. The van der Waals surface area contributed by atoms with E-state index in [0.717, 1.165) is 19.3 Å². The number of ether oxygens (including phenoxy) is 1. The molecule has 1 aliphatic heterocycles. The summed E-state index contributed by atoms with van der Waals surface area (Å²) >= 11 is 0. The van der Waals surface area contributed by atoms with Gasteiger partial charge in [0.1, 0.15) is 6.10 Å². The molecule has 0 aromatic carbocycles. The van der Waals surface area contributed by atoms with Crippen LogP contribution in [0, 0.1) is 0 Å². The number of esters is 1. The zero-order valence-electron chi connectivity index (χ0n) is 8.87. The molecule has 3 nitrogen and oxygen atoms in total. The first kappa shape index (κ1) is 11.5. The quantitative estimate of drug-likeness (QED) is 0.527. The van der Waals surface area contributed by atoms with E-state index in [2.05, 4.69) is 6.92 Å². The van der Waals surface area contributed by atoms with Crippen LogP contribution < -0.4 is 0 Å². The highest BCUT2D eigenvalue weighted by Gasteiger charge is 2.29. The van der Waals surface area contributed by atoms with Crippen LogP contribution in [0.5, 0.6) is 0 Å². The van der Waals surface area contributed by atoms with Crippen molar-refractivity contribution in [3.05, 3.63) is 0 Å². The van der Waals surface area contributed by atoms with Crippen molar-refractivity contribution in [1.29, 1.82) is 0 Å². The van der Waals surface area contributed by atoms with Crippen LogP contribution in [0.25, 0.3) is 0 Å². The van der Waals surface area contributed by atoms with E-state index in [4.69, 9.17) is 4.74 Å². The number of cyclic esters (lactones) is 1. The Labute approximate surface area is 85.5 Å². The molecule has 1 heterocycles. The van der Waals surface area contributed by atoms with Gasteiger partial charge in [-0.3, -0.25) is 4.79 Å². The first-order valence-electron chi connectivity index (χ1n) is 5.61. The molecule has 0 radical (unpaired) electrons. The Morgan fingerprint density at radius 3 is 2.86 bits per heavy atom. The third-order valence-corrected chi connectivity index (χ3v) is 2.70. The summed E-state index contributed by atoms with van der Waals surface area (Å²) in [6.07, 6.45) is 5.85. The number of aliphatic hydroxyl groups is 1. The smallest absolute Gasteiger partial charge is 0.306 e. The first-order chi connectivity index (χ1) is 6.74. The number of hydrogen-bond acceptors (Lipinski definition) is 3. The summed E-state index contributed by atoms with van der Waals surface area (Å²) in [5.41, 5.74) is 0.